The SMILES string of the molecule is C=CC(=O)N1CCCC[C@@H](n2c(/N=C(\[O-])c3ccnc(C)c3)nc3ccc4c(c32)CN(C)CCO4)C1. The molecule has 1 aromatic carbocycles. The molecule has 1 amide bonds. The van der Waals surface area contributed by atoms with E-state index < -0.39 is 0 Å². The number of rotatable bonds is 4. The zero-order valence-electron chi connectivity index (χ0n) is 20.8. The lowest BCUT2D eigenvalue weighted by molar-refractivity contribution is -0.212. The first-order valence-corrected chi connectivity index (χ1v) is 12.4. The zero-order valence-corrected chi connectivity index (χ0v) is 20.8. The third kappa shape index (κ3) is 4.70. The lowest BCUT2D eigenvalue weighted by Gasteiger charge is -2.26. The molecule has 3 aromatic rings. The standard InChI is InChI=1S/C27H32N6O3/c1-4-24(34)32-12-6-5-7-20(16-32)33-25-21-17-31(3)13-14-36-23(21)9-8-22(25)29-27(33)30-26(35)19-10-11-28-18(2)15-19/h4,8-11,15,20H,1,5-7,12-14,16-17H2,2-3H3,(H,29,30,35)/p-1/t20-/m1/s1. The summed E-state index contributed by atoms with van der Waals surface area (Å²) in [6.07, 6.45) is 5.68. The Bertz CT molecular complexity index is 1330. The number of likely N-dealkylation sites (N-methyl/N-ethyl adjacent to an activating group) is 1. The van der Waals surface area contributed by atoms with Crippen molar-refractivity contribution < 1.29 is 14.6 Å². The van der Waals surface area contributed by atoms with Crippen LogP contribution >= 0.6 is 0 Å². The monoisotopic (exact) mass is 487 g/mol. The van der Waals surface area contributed by atoms with Crippen LogP contribution in [0.15, 0.2) is 48.1 Å². The zero-order chi connectivity index (χ0) is 25.2. The van der Waals surface area contributed by atoms with Crippen molar-refractivity contribution in [2.75, 3.05) is 33.3 Å². The number of amides is 1. The molecule has 0 radical (unpaired) electrons. The summed E-state index contributed by atoms with van der Waals surface area (Å²) in [5.74, 6) is 0.713. The number of aromatic nitrogens is 3. The molecule has 36 heavy (non-hydrogen) atoms. The van der Waals surface area contributed by atoms with Gasteiger partial charge in [0.05, 0.1) is 17.1 Å². The van der Waals surface area contributed by atoms with E-state index in [-0.39, 0.29) is 17.8 Å². The first-order valence-electron chi connectivity index (χ1n) is 12.4. The van der Waals surface area contributed by atoms with Gasteiger partial charge in [0, 0.05) is 43.6 Å². The van der Waals surface area contributed by atoms with E-state index in [2.05, 4.69) is 33.1 Å². The lowest BCUT2D eigenvalue weighted by atomic mass is 10.1. The Balaban J connectivity index is 1.70. The quantitative estimate of drug-likeness (QED) is 0.319. The molecule has 4 heterocycles. The van der Waals surface area contributed by atoms with Crippen LogP contribution in [0.5, 0.6) is 5.75 Å². The first-order chi connectivity index (χ1) is 17.4. The van der Waals surface area contributed by atoms with Gasteiger partial charge in [0.15, 0.2) is 0 Å². The number of benzene rings is 1. The van der Waals surface area contributed by atoms with Crippen LogP contribution in [0.2, 0.25) is 0 Å². The summed E-state index contributed by atoms with van der Waals surface area (Å²) >= 11 is 0. The number of ether oxygens (including phenoxy) is 1. The van der Waals surface area contributed by atoms with E-state index >= 15 is 0 Å². The van der Waals surface area contributed by atoms with Gasteiger partial charge in [-0.25, -0.2) is 9.98 Å². The van der Waals surface area contributed by atoms with Crippen molar-refractivity contribution in [2.45, 2.75) is 38.8 Å². The van der Waals surface area contributed by atoms with Crippen molar-refractivity contribution in [2.24, 2.45) is 4.99 Å². The molecule has 0 aliphatic carbocycles. The van der Waals surface area contributed by atoms with Crippen molar-refractivity contribution in [3.8, 4) is 5.75 Å². The average Bonchev–Trinajstić information content (AvgIpc) is 3.00. The molecule has 0 N–H and O–H groups in total. The Morgan fingerprint density at radius 1 is 1.28 bits per heavy atom. The maximum Gasteiger partial charge on any atom is 0.246 e. The number of hydrogen-bond acceptors (Lipinski definition) is 7. The number of nitrogens with zero attached hydrogens (tertiary/aromatic N) is 6. The number of carbonyl (C=O) groups excluding carboxylic acids is 1. The van der Waals surface area contributed by atoms with Crippen LogP contribution in [0.4, 0.5) is 5.95 Å². The van der Waals surface area contributed by atoms with E-state index in [1.54, 1.807) is 18.3 Å². The summed E-state index contributed by atoms with van der Waals surface area (Å²) < 4.78 is 8.15. The smallest absolute Gasteiger partial charge is 0.246 e. The summed E-state index contributed by atoms with van der Waals surface area (Å²) in [6.45, 7) is 8.81. The van der Waals surface area contributed by atoms with E-state index in [1.807, 2.05) is 24.0 Å². The van der Waals surface area contributed by atoms with Crippen molar-refractivity contribution in [3.05, 3.63) is 59.9 Å². The Labute approximate surface area is 210 Å². The highest BCUT2D eigenvalue weighted by atomic mass is 16.5. The Morgan fingerprint density at radius 3 is 2.94 bits per heavy atom. The molecule has 5 rings (SSSR count). The summed E-state index contributed by atoms with van der Waals surface area (Å²) in [5, 5.41) is 13.2. The fourth-order valence-electron chi connectivity index (χ4n) is 5.09. The molecule has 2 aliphatic rings. The van der Waals surface area contributed by atoms with Crippen LogP contribution in [-0.4, -0.2) is 69.4 Å². The summed E-state index contributed by atoms with van der Waals surface area (Å²) in [4.78, 5) is 30.1. The van der Waals surface area contributed by atoms with Gasteiger partial charge < -0.3 is 19.3 Å². The van der Waals surface area contributed by atoms with Gasteiger partial charge in [0.1, 0.15) is 12.4 Å². The molecule has 1 saturated heterocycles. The van der Waals surface area contributed by atoms with Crippen LogP contribution in [0.25, 0.3) is 11.0 Å². The molecule has 0 spiro atoms. The highest BCUT2D eigenvalue weighted by molar-refractivity contribution is 5.93. The largest absolute Gasteiger partial charge is 0.858 e. The second-order valence-electron chi connectivity index (χ2n) is 9.52. The highest BCUT2D eigenvalue weighted by Crippen LogP contribution is 2.37. The van der Waals surface area contributed by atoms with Crippen LogP contribution < -0.4 is 9.84 Å². The van der Waals surface area contributed by atoms with Gasteiger partial charge >= 0.3 is 0 Å². The second-order valence-corrected chi connectivity index (χ2v) is 9.52. The second kappa shape index (κ2) is 10.1. The lowest BCUT2D eigenvalue weighted by Crippen LogP contribution is -2.34. The number of aliphatic imine (C=N–C) groups is 1. The minimum atomic E-state index is -0.371. The topological polar surface area (TPSA) is 98.9 Å². The van der Waals surface area contributed by atoms with Gasteiger partial charge in [-0.2, -0.15) is 0 Å². The summed E-state index contributed by atoms with van der Waals surface area (Å²) in [7, 11) is 2.06. The van der Waals surface area contributed by atoms with Gasteiger partial charge in [-0.1, -0.05) is 6.58 Å². The Morgan fingerprint density at radius 2 is 2.14 bits per heavy atom. The van der Waals surface area contributed by atoms with E-state index in [0.29, 0.717) is 37.8 Å². The maximum absolute atomic E-state index is 13.2. The van der Waals surface area contributed by atoms with Crippen molar-refractivity contribution >= 4 is 28.8 Å². The number of hydrogen-bond donors (Lipinski definition) is 0. The van der Waals surface area contributed by atoms with Crippen LogP contribution in [0.3, 0.4) is 0 Å². The number of likely N-dealkylation sites (tertiary alicyclic amines) is 1. The Kier molecular flexibility index (Phi) is 6.73. The molecular weight excluding hydrogens is 456 g/mol. The fraction of sp³-hybridized carbons (Fsp3) is 0.407. The van der Waals surface area contributed by atoms with E-state index in [9.17, 15) is 9.90 Å². The average molecular weight is 488 g/mol. The van der Waals surface area contributed by atoms with Gasteiger partial charge in [0.25, 0.3) is 0 Å². The highest BCUT2D eigenvalue weighted by Gasteiger charge is 2.28. The molecule has 9 heteroatoms. The molecule has 2 aromatic heterocycles. The third-order valence-corrected chi connectivity index (χ3v) is 6.90. The van der Waals surface area contributed by atoms with Crippen LogP contribution in [0, 0.1) is 6.92 Å². The minimum absolute atomic E-state index is 0.0879. The molecule has 9 nitrogen and oxygen atoms in total. The minimum Gasteiger partial charge on any atom is -0.858 e. The first kappa shape index (κ1) is 24.0. The molecule has 2 aliphatic heterocycles. The number of imidazole rings is 1. The predicted octanol–water partition coefficient (Wildman–Crippen LogP) is 2.74. The van der Waals surface area contributed by atoms with Crippen molar-refractivity contribution in [1.82, 2.24) is 24.3 Å². The molecule has 1 atom stereocenters. The number of carbonyl (C=O) groups is 1. The van der Waals surface area contributed by atoms with Gasteiger partial charge in [-0.05, 0) is 75.0 Å². The predicted molar refractivity (Wildman–Crippen MR) is 136 cm³/mol. The third-order valence-electron chi connectivity index (χ3n) is 6.90. The fourth-order valence-corrected chi connectivity index (χ4v) is 5.09. The molecule has 0 bridgehead atoms. The van der Waals surface area contributed by atoms with Crippen LogP contribution in [0.1, 0.15) is 42.1 Å². The maximum atomic E-state index is 13.2. The molecule has 188 valence electrons. The molecule has 0 saturated carbocycles. The molecular formula is C27H31N6O3-. The van der Waals surface area contributed by atoms with Gasteiger partial charge in [-0.15, -0.1) is 0 Å². The normalized spacial score (nSPS) is 19.3. The number of pyridine rings is 1. The van der Waals surface area contributed by atoms with Crippen LogP contribution in [-0.2, 0) is 11.3 Å². The number of aryl methyl sites for hydroxylation is 1. The number of fused-ring (bicyclic) bond motifs is 3. The van der Waals surface area contributed by atoms with Crippen molar-refractivity contribution in [3.63, 3.8) is 0 Å². The molecule has 1 fully saturated rings. The van der Waals surface area contributed by atoms with Crippen molar-refractivity contribution in [1.29, 1.82) is 0 Å². The van der Waals surface area contributed by atoms with E-state index in [1.165, 1.54) is 6.08 Å². The van der Waals surface area contributed by atoms with E-state index in [4.69, 9.17) is 9.72 Å². The van der Waals surface area contributed by atoms with Gasteiger partial charge in [-0.3, -0.25) is 14.7 Å². The Hall–Kier alpha value is -3.72. The molecule has 0 unspecified atom stereocenters. The van der Waals surface area contributed by atoms with E-state index in [0.717, 1.165) is 53.8 Å². The summed E-state index contributed by atoms with van der Waals surface area (Å²) in [6, 6.07) is 7.18. The van der Waals surface area contributed by atoms with Gasteiger partial charge in [0.2, 0.25) is 11.9 Å². The summed E-state index contributed by atoms with van der Waals surface area (Å²) in [5.41, 5.74) is 3.91.